The first-order valence-corrected chi connectivity index (χ1v) is 9.54. The molecule has 0 aliphatic heterocycles. The van der Waals surface area contributed by atoms with Gasteiger partial charge in [-0.1, -0.05) is 69.8 Å². The lowest BCUT2D eigenvalue weighted by Gasteiger charge is -2.07. The fraction of sp³-hybridized carbons (Fsp3) is 0.750. The lowest BCUT2D eigenvalue weighted by Crippen LogP contribution is -2.28. The molecule has 0 fully saturated rings. The van der Waals surface area contributed by atoms with Gasteiger partial charge in [-0.05, 0) is 25.7 Å². The summed E-state index contributed by atoms with van der Waals surface area (Å²) in [4.78, 5) is 11.4. The predicted octanol–water partition coefficient (Wildman–Crippen LogP) is 3.66. The van der Waals surface area contributed by atoms with E-state index < -0.39 is 6.10 Å². The van der Waals surface area contributed by atoms with E-state index in [-0.39, 0.29) is 18.4 Å². The number of Topliss-reactive ketones (excluding diaryl/α,β-unsaturated/α-hetero) is 1. The first kappa shape index (κ1) is 23.0. The molecule has 4 nitrogen and oxygen atoms in total. The van der Waals surface area contributed by atoms with Crippen molar-refractivity contribution >= 4 is 5.78 Å². The van der Waals surface area contributed by atoms with Crippen molar-refractivity contribution in [2.75, 3.05) is 6.54 Å². The number of allylic oxidation sites excluding steroid dienone is 3. The molecule has 0 bridgehead atoms. The second kappa shape index (κ2) is 16.9. The van der Waals surface area contributed by atoms with Crippen LogP contribution in [-0.2, 0) is 4.79 Å². The molecule has 0 radical (unpaired) electrons. The fourth-order valence-electron chi connectivity index (χ4n) is 2.46. The molecule has 0 aliphatic rings. The van der Waals surface area contributed by atoms with Crippen molar-refractivity contribution in [3.05, 3.63) is 24.3 Å². The zero-order chi connectivity index (χ0) is 18.0. The number of carbonyl (C=O) groups excluding carboxylic acids is 1. The first-order chi connectivity index (χ1) is 11.6. The Kier molecular flexibility index (Phi) is 16.2. The third-order valence-electron chi connectivity index (χ3n) is 4.07. The van der Waals surface area contributed by atoms with Crippen LogP contribution in [0, 0.1) is 0 Å². The van der Waals surface area contributed by atoms with Gasteiger partial charge in [-0.2, -0.15) is 0 Å². The second-order valence-electron chi connectivity index (χ2n) is 6.40. The van der Waals surface area contributed by atoms with Gasteiger partial charge in [0.2, 0.25) is 0 Å². The molecule has 0 saturated heterocycles. The zero-order valence-corrected chi connectivity index (χ0v) is 15.3. The topological polar surface area (TPSA) is 83.5 Å². The minimum Gasteiger partial charge on any atom is -0.389 e. The molecular weight excluding hydrogens is 302 g/mol. The van der Waals surface area contributed by atoms with E-state index in [2.05, 4.69) is 13.0 Å². The average Bonchev–Trinajstić information content (AvgIpc) is 2.59. The first-order valence-electron chi connectivity index (χ1n) is 9.54. The molecule has 0 aromatic rings. The van der Waals surface area contributed by atoms with Gasteiger partial charge in [0, 0.05) is 13.0 Å². The number of ketones is 1. The second-order valence-corrected chi connectivity index (χ2v) is 6.40. The Morgan fingerprint density at radius 2 is 1.71 bits per heavy atom. The minimum absolute atomic E-state index is 0.0121. The number of hydrogen-bond donors (Lipinski definition) is 3. The quantitative estimate of drug-likeness (QED) is 0.296. The number of aliphatic hydroxyl groups excluding tert-OH is 2. The van der Waals surface area contributed by atoms with Crippen LogP contribution in [0.25, 0.3) is 0 Å². The average molecular weight is 340 g/mol. The Labute approximate surface area is 147 Å². The van der Waals surface area contributed by atoms with Gasteiger partial charge in [-0.25, -0.2) is 0 Å². The summed E-state index contributed by atoms with van der Waals surface area (Å²) >= 11 is 0. The van der Waals surface area contributed by atoms with E-state index in [0.29, 0.717) is 6.42 Å². The van der Waals surface area contributed by atoms with Crippen molar-refractivity contribution in [1.82, 2.24) is 0 Å². The molecule has 0 aromatic heterocycles. The number of carbonyl (C=O) groups is 1. The highest BCUT2D eigenvalue weighted by atomic mass is 16.3. The Morgan fingerprint density at radius 1 is 1.00 bits per heavy atom. The van der Waals surface area contributed by atoms with Crippen molar-refractivity contribution in [2.45, 2.75) is 89.8 Å². The van der Waals surface area contributed by atoms with E-state index in [1.165, 1.54) is 19.3 Å². The van der Waals surface area contributed by atoms with Crippen LogP contribution in [0.3, 0.4) is 0 Å². The number of hydrogen-bond acceptors (Lipinski definition) is 4. The van der Waals surface area contributed by atoms with Crippen LogP contribution < -0.4 is 5.73 Å². The summed E-state index contributed by atoms with van der Waals surface area (Å²) in [5.41, 5.74) is 5.24. The van der Waals surface area contributed by atoms with Crippen molar-refractivity contribution in [3.8, 4) is 0 Å². The summed E-state index contributed by atoms with van der Waals surface area (Å²) in [6, 6.07) is 0. The van der Waals surface area contributed by atoms with E-state index in [9.17, 15) is 15.0 Å². The predicted molar refractivity (Wildman–Crippen MR) is 101 cm³/mol. The normalized spacial score (nSPS) is 14.5. The number of aliphatic hydroxyl groups is 2. The molecule has 2 atom stereocenters. The Bertz CT molecular complexity index is 353. The third-order valence-corrected chi connectivity index (χ3v) is 4.07. The summed E-state index contributed by atoms with van der Waals surface area (Å²) in [6.45, 7) is 2.21. The van der Waals surface area contributed by atoms with Crippen LogP contribution in [0.5, 0.6) is 0 Å². The molecule has 4 N–H and O–H groups in total. The van der Waals surface area contributed by atoms with Crippen LogP contribution in [0.15, 0.2) is 24.3 Å². The van der Waals surface area contributed by atoms with Gasteiger partial charge in [-0.3, -0.25) is 4.79 Å². The van der Waals surface area contributed by atoms with Crippen LogP contribution in [0.2, 0.25) is 0 Å². The maximum Gasteiger partial charge on any atom is 0.162 e. The van der Waals surface area contributed by atoms with Crippen molar-refractivity contribution in [3.63, 3.8) is 0 Å². The molecule has 0 aliphatic carbocycles. The molecule has 0 aromatic carbocycles. The molecule has 0 heterocycles. The summed E-state index contributed by atoms with van der Waals surface area (Å²) < 4.78 is 0. The highest BCUT2D eigenvalue weighted by molar-refractivity contribution is 5.82. The summed E-state index contributed by atoms with van der Waals surface area (Å²) in [6.07, 6.45) is 17.6. The van der Waals surface area contributed by atoms with Gasteiger partial charge in [0.25, 0.3) is 0 Å². The smallest absolute Gasteiger partial charge is 0.162 e. The van der Waals surface area contributed by atoms with Gasteiger partial charge in [0.05, 0.1) is 6.10 Å². The number of rotatable bonds is 16. The molecule has 0 saturated carbocycles. The van der Waals surface area contributed by atoms with Crippen LogP contribution in [0.4, 0.5) is 0 Å². The van der Waals surface area contributed by atoms with Crippen LogP contribution in [0.1, 0.15) is 77.6 Å². The Hall–Kier alpha value is -0.970. The summed E-state index contributed by atoms with van der Waals surface area (Å²) in [7, 11) is 0. The highest BCUT2D eigenvalue weighted by Gasteiger charge is 2.11. The molecule has 0 spiro atoms. The van der Waals surface area contributed by atoms with Gasteiger partial charge in [-0.15, -0.1) is 0 Å². The van der Waals surface area contributed by atoms with E-state index in [1.54, 1.807) is 0 Å². The lowest BCUT2D eigenvalue weighted by molar-refractivity contribution is -0.126. The van der Waals surface area contributed by atoms with Crippen molar-refractivity contribution < 1.29 is 15.0 Å². The molecule has 1 unspecified atom stereocenters. The Balaban J connectivity index is 3.48. The van der Waals surface area contributed by atoms with Crippen LogP contribution in [-0.4, -0.2) is 34.7 Å². The standard InChI is InChI=1S/C20H37NO3/c1-2-3-4-5-6-8-11-14-18(22)15-12-9-7-10-13-16-19(23)20(24)17-21/h6,8,11,14,18,20,22,24H,2-5,7,9-10,12-13,15-17,21H2,1H3/b8-6-,14-11+/t18-,20?/m1/s1. The molecular formula is C20H37NO3. The summed E-state index contributed by atoms with van der Waals surface area (Å²) in [5.74, 6) is -0.152. The molecule has 4 heteroatoms. The largest absolute Gasteiger partial charge is 0.389 e. The zero-order valence-electron chi connectivity index (χ0n) is 15.3. The van der Waals surface area contributed by atoms with Gasteiger partial charge in [0.1, 0.15) is 6.10 Å². The molecule has 0 rings (SSSR count). The van der Waals surface area contributed by atoms with Gasteiger partial charge in [0.15, 0.2) is 5.78 Å². The van der Waals surface area contributed by atoms with Crippen molar-refractivity contribution in [1.29, 1.82) is 0 Å². The maximum absolute atomic E-state index is 11.4. The Morgan fingerprint density at radius 3 is 2.42 bits per heavy atom. The molecule has 24 heavy (non-hydrogen) atoms. The number of nitrogens with two attached hydrogens (primary N) is 1. The lowest BCUT2D eigenvalue weighted by atomic mass is 10.0. The van der Waals surface area contributed by atoms with Gasteiger partial charge < -0.3 is 15.9 Å². The van der Waals surface area contributed by atoms with E-state index >= 15 is 0 Å². The fourth-order valence-corrected chi connectivity index (χ4v) is 2.46. The van der Waals surface area contributed by atoms with Gasteiger partial charge >= 0.3 is 0 Å². The number of unbranched alkanes of at least 4 members (excludes halogenated alkanes) is 7. The van der Waals surface area contributed by atoms with E-state index in [4.69, 9.17) is 5.73 Å². The molecule has 140 valence electrons. The minimum atomic E-state index is -0.993. The van der Waals surface area contributed by atoms with Crippen LogP contribution >= 0.6 is 0 Å². The maximum atomic E-state index is 11.4. The summed E-state index contributed by atoms with van der Waals surface area (Å²) in [5, 5.41) is 19.1. The van der Waals surface area contributed by atoms with Crippen molar-refractivity contribution in [2.24, 2.45) is 5.73 Å². The molecule has 0 amide bonds. The monoisotopic (exact) mass is 339 g/mol. The third kappa shape index (κ3) is 14.6. The van der Waals surface area contributed by atoms with E-state index in [1.807, 2.05) is 18.2 Å². The highest BCUT2D eigenvalue weighted by Crippen LogP contribution is 2.10. The SMILES string of the molecule is CCCCC/C=C\C=C\[C@@H](O)CCCCCCCC(=O)C(O)CN. The van der Waals surface area contributed by atoms with E-state index in [0.717, 1.165) is 44.9 Å².